The van der Waals surface area contributed by atoms with E-state index in [1.807, 2.05) is 6.92 Å². The van der Waals surface area contributed by atoms with Gasteiger partial charge in [-0.15, -0.1) is 12.4 Å². The van der Waals surface area contributed by atoms with Gasteiger partial charge in [-0.1, -0.05) is 6.07 Å². The predicted octanol–water partition coefficient (Wildman–Crippen LogP) is 1.50. The SMILES string of the molecule is CC(N)CCC(=O)Nc1ccc2c(c1)S(=O)(=O)CC2.Cl. The summed E-state index contributed by atoms with van der Waals surface area (Å²) in [5.74, 6) is 0.0115. The number of benzene rings is 1. The highest BCUT2D eigenvalue weighted by Crippen LogP contribution is 2.28. The van der Waals surface area contributed by atoms with Crippen LogP contribution in [0.1, 0.15) is 25.3 Å². The fraction of sp³-hybridized carbons (Fsp3) is 0.462. The first kappa shape index (κ1) is 16.9. The minimum absolute atomic E-state index is 0. The Balaban J connectivity index is 0.00000200. The third-order valence-corrected chi connectivity index (χ3v) is 4.94. The lowest BCUT2D eigenvalue weighted by molar-refractivity contribution is -0.116. The number of rotatable bonds is 4. The molecule has 0 fully saturated rings. The average molecular weight is 319 g/mol. The standard InChI is InChI=1S/C13H18N2O3S.ClH/c1-9(14)2-5-13(16)15-11-4-3-10-6-7-19(17,18)12(10)8-11;/h3-4,8-9H,2,5-7,14H2,1H3,(H,15,16);1H. The summed E-state index contributed by atoms with van der Waals surface area (Å²) in [6.07, 6.45) is 1.49. The van der Waals surface area contributed by atoms with Crippen molar-refractivity contribution in [3.8, 4) is 0 Å². The molecule has 0 aliphatic carbocycles. The van der Waals surface area contributed by atoms with Crippen LogP contribution in [0.2, 0.25) is 0 Å². The molecule has 1 heterocycles. The highest BCUT2D eigenvalue weighted by Gasteiger charge is 2.26. The van der Waals surface area contributed by atoms with E-state index >= 15 is 0 Å². The van der Waals surface area contributed by atoms with Gasteiger partial charge in [0, 0.05) is 18.2 Å². The van der Waals surface area contributed by atoms with E-state index in [2.05, 4.69) is 5.32 Å². The number of anilines is 1. The summed E-state index contributed by atoms with van der Waals surface area (Å²) in [5, 5.41) is 2.71. The van der Waals surface area contributed by atoms with Crippen LogP contribution in [0, 0.1) is 0 Å². The number of hydrogen-bond acceptors (Lipinski definition) is 4. The lowest BCUT2D eigenvalue weighted by Gasteiger charge is -2.08. The van der Waals surface area contributed by atoms with Crippen molar-refractivity contribution in [2.24, 2.45) is 5.73 Å². The molecule has 0 aromatic heterocycles. The Morgan fingerprint density at radius 1 is 1.45 bits per heavy atom. The van der Waals surface area contributed by atoms with Crippen LogP contribution in [0.5, 0.6) is 0 Å². The van der Waals surface area contributed by atoms with E-state index < -0.39 is 9.84 Å². The van der Waals surface area contributed by atoms with Gasteiger partial charge in [0.25, 0.3) is 0 Å². The zero-order valence-corrected chi connectivity index (χ0v) is 12.9. The molecule has 5 nitrogen and oxygen atoms in total. The van der Waals surface area contributed by atoms with Gasteiger partial charge in [0.2, 0.25) is 5.91 Å². The van der Waals surface area contributed by atoms with Crippen LogP contribution in [0.4, 0.5) is 5.69 Å². The topological polar surface area (TPSA) is 89.3 Å². The molecule has 2 rings (SSSR count). The summed E-state index contributed by atoms with van der Waals surface area (Å²) in [6.45, 7) is 1.84. The molecular weight excluding hydrogens is 300 g/mol. The Morgan fingerprint density at radius 3 is 2.80 bits per heavy atom. The molecule has 0 saturated heterocycles. The van der Waals surface area contributed by atoms with Crippen molar-refractivity contribution in [1.29, 1.82) is 0 Å². The monoisotopic (exact) mass is 318 g/mol. The van der Waals surface area contributed by atoms with E-state index in [1.54, 1.807) is 18.2 Å². The Morgan fingerprint density at radius 2 is 2.15 bits per heavy atom. The maximum absolute atomic E-state index is 11.8. The number of carbonyl (C=O) groups excluding carboxylic acids is 1. The van der Waals surface area contributed by atoms with Gasteiger partial charge in [0.15, 0.2) is 9.84 Å². The van der Waals surface area contributed by atoms with Crippen molar-refractivity contribution in [2.75, 3.05) is 11.1 Å². The normalized spacial score (nSPS) is 16.9. The molecule has 1 amide bonds. The van der Waals surface area contributed by atoms with Crippen LogP contribution in [-0.4, -0.2) is 26.1 Å². The average Bonchev–Trinajstić information content (AvgIpc) is 2.63. The summed E-state index contributed by atoms with van der Waals surface area (Å²) >= 11 is 0. The number of sulfone groups is 1. The predicted molar refractivity (Wildman–Crippen MR) is 81.0 cm³/mol. The quantitative estimate of drug-likeness (QED) is 0.880. The molecule has 0 spiro atoms. The third-order valence-electron chi connectivity index (χ3n) is 3.15. The number of hydrogen-bond donors (Lipinski definition) is 2. The summed E-state index contributed by atoms with van der Waals surface area (Å²) < 4.78 is 23.6. The molecular formula is C13H19ClN2O3S. The maximum Gasteiger partial charge on any atom is 0.224 e. The van der Waals surface area contributed by atoms with E-state index in [0.717, 1.165) is 5.56 Å². The maximum atomic E-state index is 11.8. The Kier molecular flexibility index (Phi) is 5.56. The highest BCUT2D eigenvalue weighted by atomic mass is 35.5. The molecule has 1 aliphatic heterocycles. The number of aryl methyl sites for hydroxylation is 1. The molecule has 1 aliphatic rings. The number of halogens is 1. The van der Waals surface area contributed by atoms with Crippen molar-refractivity contribution in [1.82, 2.24) is 0 Å². The lowest BCUT2D eigenvalue weighted by atomic mass is 10.1. The van der Waals surface area contributed by atoms with Gasteiger partial charge in [0.1, 0.15) is 0 Å². The number of amides is 1. The van der Waals surface area contributed by atoms with Crippen LogP contribution >= 0.6 is 12.4 Å². The van der Waals surface area contributed by atoms with E-state index in [0.29, 0.717) is 29.8 Å². The molecule has 20 heavy (non-hydrogen) atoms. The highest BCUT2D eigenvalue weighted by molar-refractivity contribution is 7.91. The van der Waals surface area contributed by atoms with Gasteiger partial charge in [-0.2, -0.15) is 0 Å². The molecule has 0 saturated carbocycles. The fourth-order valence-corrected chi connectivity index (χ4v) is 3.65. The smallest absolute Gasteiger partial charge is 0.224 e. The van der Waals surface area contributed by atoms with Crippen molar-refractivity contribution >= 4 is 33.8 Å². The molecule has 1 aromatic rings. The second-order valence-electron chi connectivity index (χ2n) is 4.96. The fourth-order valence-electron chi connectivity index (χ4n) is 2.06. The second-order valence-corrected chi connectivity index (χ2v) is 7.03. The Hall–Kier alpha value is -1.11. The first-order chi connectivity index (χ1) is 8.88. The first-order valence-corrected chi connectivity index (χ1v) is 7.95. The van der Waals surface area contributed by atoms with Crippen molar-refractivity contribution < 1.29 is 13.2 Å². The van der Waals surface area contributed by atoms with Crippen LogP contribution in [0.25, 0.3) is 0 Å². The summed E-state index contributed by atoms with van der Waals surface area (Å²) in [7, 11) is -3.16. The number of nitrogens with two attached hydrogens (primary N) is 1. The largest absolute Gasteiger partial charge is 0.328 e. The van der Waals surface area contributed by atoms with Crippen LogP contribution in [0.15, 0.2) is 23.1 Å². The summed E-state index contributed by atoms with van der Waals surface area (Å²) in [4.78, 5) is 12.0. The lowest BCUT2D eigenvalue weighted by Crippen LogP contribution is -2.19. The van der Waals surface area contributed by atoms with Gasteiger partial charge in [-0.05, 0) is 37.5 Å². The zero-order valence-electron chi connectivity index (χ0n) is 11.3. The van der Waals surface area contributed by atoms with Gasteiger partial charge in [-0.25, -0.2) is 8.42 Å². The molecule has 0 bridgehead atoms. The number of fused-ring (bicyclic) bond motifs is 1. The first-order valence-electron chi connectivity index (χ1n) is 6.29. The zero-order chi connectivity index (χ0) is 14.0. The van der Waals surface area contributed by atoms with E-state index in [-0.39, 0.29) is 30.1 Å². The molecule has 3 N–H and O–H groups in total. The van der Waals surface area contributed by atoms with Crippen molar-refractivity contribution in [2.45, 2.75) is 37.1 Å². The molecule has 1 aromatic carbocycles. The van der Waals surface area contributed by atoms with Crippen LogP contribution < -0.4 is 11.1 Å². The van der Waals surface area contributed by atoms with Gasteiger partial charge in [0.05, 0.1) is 10.6 Å². The van der Waals surface area contributed by atoms with E-state index in [4.69, 9.17) is 5.73 Å². The third kappa shape index (κ3) is 3.94. The molecule has 112 valence electrons. The molecule has 1 unspecified atom stereocenters. The van der Waals surface area contributed by atoms with Crippen LogP contribution in [-0.2, 0) is 21.1 Å². The number of carbonyl (C=O) groups is 1. The number of nitrogens with one attached hydrogen (secondary N) is 1. The van der Waals surface area contributed by atoms with Crippen molar-refractivity contribution in [3.63, 3.8) is 0 Å². The van der Waals surface area contributed by atoms with E-state index in [1.165, 1.54) is 0 Å². The van der Waals surface area contributed by atoms with Gasteiger partial charge >= 0.3 is 0 Å². The molecule has 7 heteroatoms. The van der Waals surface area contributed by atoms with E-state index in [9.17, 15) is 13.2 Å². The van der Waals surface area contributed by atoms with Crippen molar-refractivity contribution in [3.05, 3.63) is 23.8 Å². The Labute approximate surface area is 125 Å². The minimum atomic E-state index is -3.16. The van der Waals surface area contributed by atoms with Crippen LogP contribution in [0.3, 0.4) is 0 Å². The second kappa shape index (κ2) is 6.56. The summed E-state index contributed by atoms with van der Waals surface area (Å²) in [6, 6.07) is 5.03. The van der Waals surface area contributed by atoms with Gasteiger partial charge in [-0.3, -0.25) is 4.79 Å². The molecule has 0 radical (unpaired) electrons. The summed E-state index contributed by atoms with van der Waals surface area (Å²) in [5.41, 5.74) is 6.94. The Bertz CT molecular complexity index is 600. The minimum Gasteiger partial charge on any atom is -0.328 e. The van der Waals surface area contributed by atoms with Gasteiger partial charge < -0.3 is 11.1 Å². The molecule has 1 atom stereocenters.